The molecule has 6 nitrogen and oxygen atoms in total. The first kappa shape index (κ1) is 23.9. The number of rotatable bonds is 9. The molecule has 2 N–H and O–H groups in total. The minimum absolute atomic E-state index is 0. The fraction of sp³-hybridized carbons (Fsp3) is 0.941. The van der Waals surface area contributed by atoms with Gasteiger partial charge in [0.25, 0.3) is 0 Å². The zero-order valence-corrected chi connectivity index (χ0v) is 18.5. The lowest BCUT2D eigenvalue weighted by Gasteiger charge is -2.31. The number of aliphatic imine (C=N–C) groups is 1. The third-order valence-electron chi connectivity index (χ3n) is 4.53. The van der Waals surface area contributed by atoms with Gasteiger partial charge in [0.05, 0.1) is 19.8 Å². The molecule has 144 valence electrons. The maximum Gasteiger partial charge on any atom is 0.191 e. The molecule has 24 heavy (non-hydrogen) atoms. The molecule has 1 aliphatic rings. The summed E-state index contributed by atoms with van der Waals surface area (Å²) in [5.74, 6) is 0.923. The Kier molecular flexibility index (Phi) is 14.0. The predicted molar refractivity (Wildman–Crippen MR) is 114 cm³/mol. The van der Waals surface area contributed by atoms with E-state index < -0.39 is 0 Å². The van der Waals surface area contributed by atoms with E-state index in [2.05, 4.69) is 55.1 Å². The summed E-state index contributed by atoms with van der Waals surface area (Å²) in [7, 11) is 0. The molecule has 2 atom stereocenters. The maximum atomic E-state index is 5.42. The second kappa shape index (κ2) is 14.1. The summed E-state index contributed by atoms with van der Waals surface area (Å²) >= 11 is 0. The fourth-order valence-corrected chi connectivity index (χ4v) is 2.92. The molecule has 1 fully saturated rings. The molecule has 0 aliphatic carbocycles. The van der Waals surface area contributed by atoms with Crippen molar-refractivity contribution in [2.24, 2.45) is 4.99 Å². The van der Waals surface area contributed by atoms with Crippen LogP contribution in [0.25, 0.3) is 0 Å². The molecule has 0 aromatic carbocycles. The molecule has 7 heteroatoms. The lowest BCUT2D eigenvalue weighted by Crippen LogP contribution is -2.47. The van der Waals surface area contributed by atoms with Gasteiger partial charge >= 0.3 is 0 Å². The van der Waals surface area contributed by atoms with Crippen LogP contribution in [0.5, 0.6) is 0 Å². The number of ether oxygens (including phenoxy) is 1. The highest BCUT2D eigenvalue weighted by atomic mass is 127. The van der Waals surface area contributed by atoms with Gasteiger partial charge in [0.1, 0.15) is 0 Å². The fourth-order valence-electron chi connectivity index (χ4n) is 2.92. The number of likely N-dealkylation sites (N-methyl/N-ethyl adjacent to an activating group) is 1. The number of morpholine rings is 1. The molecule has 0 radical (unpaired) electrons. The normalized spacial score (nSPS) is 18.8. The number of hydrogen-bond acceptors (Lipinski definition) is 4. The van der Waals surface area contributed by atoms with Gasteiger partial charge in [-0.15, -0.1) is 24.0 Å². The Labute approximate surface area is 165 Å². The quantitative estimate of drug-likeness (QED) is 0.315. The zero-order valence-electron chi connectivity index (χ0n) is 16.2. The smallest absolute Gasteiger partial charge is 0.191 e. The third kappa shape index (κ3) is 8.82. The van der Waals surface area contributed by atoms with Crippen LogP contribution >= 0.6 is 24.0 Å². The van der Waals surface area contributed by atoms with Crippen molar-refractivity contribution >= 4 is 29.9 Å². The first-order chi connectivity index (χ1) is 11.1. The van der Waals surface area contributed by atoms with Gasteiger partial charge in [-0.25, -0.2) is 0 Å². The summed E-state index contributed by atoms with van der Waals surface area (Å²) in [5.41, 5.74) is 0. The zero-order chi connectivity index (χ0) is 17.1. The van der Waals surface area contributed by atoms with Gasteiger partial charge in [-0.3, -0.25) is 14.8 Å². The Morgan fingerprint density at radius 2 is 1.75 bits per heavy atom. The van der Waals surface area contributed by atoms with Crippen LogP contribution in [0.2, 0.25) is 0 Å². The molecule has 1 rings (SSSR count). The average molecular weight is 455 g/mol. The molecular formula is C17H38IN5O. The van der Waals surface area contributed by atoms with Crippen molar-refractivity contribution in [2.45, 2.75) is 46.7 Å². The highest BCUT2D eigenvalue weighted by Crippen LogP contribution is 2.03. The van der Waals surface area contributed by atoms with E-state index in [4.69, 9.17) is 9.73 Å². The lowest BCUT2D eigenvalue weighted by atomic mass is 10.2. The number of hydrogen-bond donors (Lipinski definition) is 2. The van der Waals surface area contributed by atoms with E-state index in [9.17, 15) is 0 Å². The van der Waals surface area contributed by atoms with Crippen molar-refractivity contribution in [3.05, 3.63) is 0 Å². The standard InChI is InChI=1S/C17H37N5O.HI/c1-6-18-17(19-13-15(4)21(7-2)8-3)20-14-16(5)22-9-11-23-12-10-22;/h15-16H,6-14H2,1-5H3,(H2,18,19,20);1H. The molecule has 1 saturated heterocycles. The minimum atomic E-state index is 0. The topological polar surface area (TPSA) is 52.1 Å². The third-order valence-corrected chi connectivity index (χ3v) is 4.53. The molecule has 0 amide bonds. The van der Waals surface area contributed by atoms with Crippen LogP contribution < -0.4 is 10.6 Å². The summed E-state index contributed by atoms with van der Waals surface area (Å²) in [5, 5.41) is 6.83. The van der Waals surface area contributed by atoms with E-state index in [0.29, 0.717) is 12.1 Å². The first-order valence-corrected chi connectivity index (χ1v) is 9.20. The molecule has 2 unspecified atom stereocenters. The Hall–Kier alpha value is -0.120. The molecule has 0 aromatic heterocycles. The van der Waals surface area contributed by atoms with Crippen LogP contribution in [0.1, 0.15) is 34.6 Å². The first-order valence-electron chi connectivity index (χ1n) is 9.20. The highest BCUT2D eigenvalue weighted by Gasteiger charge is 2.17. The summed E-state index contributed by atoms with van der Waals surface area (Å²) in [4.78, 5) is 9.67. The maximum absolute atomic E-state index is 5.42. The lowest BCUT2D eigenvalue weighted by molar-refractivity contribution is 0.0220. The second-order valence-corrected chi connectivity index (χ2v) is 6.17. The van der Waals surface area contributed by atoms with Crippen molar-refractivity contribution < 1.29 is 4.74 Å². The van der Waals surface area contributed by atoms with Crippen LogP contribution in [0, 0.1) is 0 Å². The van der Waals surface area contributed by atoms with Crippen molar-refractivity contribution in [3.63, 3.8) is 0 Å². The average Bonchev–Trinajstić information content (AvgIpc) is 2.59. The Bertz CT molecular complexity index is 333. The van der Waals surface area contributed by atoms with E-state index in [0.717, 1.165) is 65.0 Å². The summed E-state index contributed by atoms with van der Waals surface area (Å²) in [6.45, 7) is 19.5. The van der Waals surface area contributed by atoms with Crippen LogP contribution in [0.3, 0.4) is 0 Å². The van der Waals surface area contributed by atoms with E-state index >= 15 is 0 Å². The van der Waals surface area contributed by atoms with E-state index in [-0.39, 0.29) is 24.0 Å². The van der Waals surface area contributed by atoms with E-state index in [1.54, 1.807) is 0 Å². The van der Waals surface area contributed by atoms with Crippen LogP contribution in [-0.2, 0) is 4.74 Å². The Morgan fingerprint density at radius 1 is 1.12 bits per heavy atom. The van der Waals surface area contributed by atoms with Gasteiger partial charge < -0.3 is 15.4 Å². The van der Waals surface area contributed by atoms with Crippen LogP contribution in [0.4, 0.5) is 0 Å². The van der Waals surface area contributed by atoms with Crippen LogP contribution in [-0.4, -0.2) is 86.9 Å². The molecule has 1 heterocycles. The molecule has 0 bridgehead atoms. The number of halogens is 1. The minimum Gasteiger partial charge on any atom is -0.379 e. The molecule has 0 saturated carbocycles. The van der Waals surface area contributed by atoms with Crippen molar-refractivity contribution in [1.29, 1.82) is 0 Å². The van der Waals surface area contributed by atoms with Crippen molar-refractivity contribution in [3.8, 4) is 0 Å². The SMILES string of the molecule is CCNC(=NCC(C)N1CCOCC1)NCC(C)N(CC)CC.I. The Morgan fingerprint density at radius 3 is 2.29 bits per heavy atom. The number of nitrogens with zero attached hydrogens (tertiary/aromatic N) is 3. The summed E-state index contributed by atoms with van der Waals surface area (Å²) in [6.07, 6.45) is 0. The van der Waals surface area contributed by atoms with Gasteiger partial charge in [0.2, 0.25) is 0 Å². The van der Waals surface area contributed by atoms with Crippen molar-refractivity contribution in [2.75, 3.05) is 59.0 Å². The molecule has 1 aliphatic heterocycles. The summed E-state index contributed by atoms with van der Waals surface area (Å²) in [6, 6.07) is 0.958. The Balaban J connectivity index is 0.00000529. The summed E-state index contributed by atoms with van der Waals surface area (Å²) < 4.78 is 5.42. The van der Waals surface area contributed by atoms with Crippen molar-refractivity contribution in [1.82, 2.24) is 20.4 Å². The van der Waals surface area contributed by atoms with E-state index in [1.165, 1.54) is 0 Å². The number of guanidine groups is 1. The highest BCUT2D eigenvalue weighted by molar-refractivity contribution is 14.0. The van der Waals surface area contributed by atoms with Gasteiger partial charge in [0, 0.05) is 38.3 Å². The largest absolute Gasteiger partial charge is 0.379 e. The predicted octanol–water partition coefficient (Wildman–Crippen LogP) is 1.61. The van der Waals surface area contributed by atoms with Crippen LogP contribution in [0.15, 0.2) is 4.99 Å². The second-order valence-electron chi connectivity index (χ2n) is 6.17. The van der Waals surface area contributed by atoms with E-state index in [1.807, 2.05) is 0 Å². The molecule has 0 spiro atoms. The van der Waals surface area contributed by atoms with Gasteiger partial charge in [-0.05, 0) is 33.9 Å². The monoisotopic (exact) mass is 455 g/mol. The van der Waals surface area contributed by atoms with Gasteiger partial charge in [0.15, 0.2) is 5.96 Å². The van der Waals surface area contributed by atoms with Gasteiger partial charge in [-0.1, -0.05) is 13.8 Å². The molecule has 0 aromatic rings. The van der Waals surface area contributed by atoms with Gasteiger partial charge in [-0.2, -0.15) is 0 Å². The number of nitrogens with one attached hydrogen (secondary N) is 2. The molecular weight excluding hydrogens is 417 g/mol.